The third kappa shape index (κ3) is 3.89. The van der Waals surface area contributed by atoms with Gasteiger partial charge >= 0.3 is 6.03 Å². The van der Waals surface area contributed by atoms with Crippen molar-refractivity contribution in [3.8, 4) is 5.75 Å². The van der Waals surface area contributed by atoms with Crippen LogP contribution in [0.3, 0.4) is 0 Å². The zero-order valence-electron chi connectivity index (χ0n) is 16.1. The number of hydrogen-bond acceptors (Lipinski definition) is 5. The molecule has 0 spiro atoms. The van der Waals surface area contributed by atoms with E-state index in [1.165, 1.54) is 0 Å². The Morgan fingerprint density at radius 3 is 2.89 bits per heavy atom. The molecule has 1 atom stereocenters. The van der Waals surface area contributed by atoms with E-state index in [1.807, 2.05) is 42.5 Å². The highest BCUT2D eigenvalue weighted by molar-refractivity contribution is 7.18. The molecule has 7 heteroatoms. The fraction of sp³-hybridized carbons (Fsp3) is 0.333. The summed E-state index contributed by atoms with van der Waals surface area (Å²) in [6.45, 7) is 4.76. The molecule has 1 aliphatic rings. The normalized spacial score (nSPS) is 15.8. The summed E-state index contributed by atoms with van der Waals surface area (Å²) in [5, 5.41) is 3.86. The number of fused-ring (bicyclic) bond motifs is 2. The first-order chi connectivity index (χ1) is 13.6. The van der Waals surface area contributed by atoms with Crippen molar-refractivity contribution in [2.45, 2.75) is 19.6 Å². The van der Waals surface area contributed by atoms with E-state index in [9.17, 15) is 4.79 Å². The summed E-state index contributed by atoms with van der Waals surface area (Å²) in [5.74, 6) is 0.879. The predicted octanol–water partition coefficient (Wildman–Crippen LogP) is 3.73. The number of likely N-dealkylation sites (N-methyl/N-ethyl adjacent to an activating group) is 2. The van der Waals surface area contributed by atoms with Gasteiger partial charge in [-0.25, -0.2) is 9.78 Å². The van der Waals surface area contributed by atoms with E-state index in [-0.39, 0.29) is 12.1 Å². The molecule has 0 aliphatic carbocycles. The molecule has 28 heavy (non-hydrogen) atoms. The van der Waals surface area contributed by atoms with Gasteiger partial charge in [-0.15, -0.1) is 11.3 Å². The number of benzene rings is 2. The number of nitrogens with zero attached hydrogens (tertiary/aromatic N) is 3. The van der Waals surface area contributed by atoms with Gasteiger partial charge < -0.3 is 19.9 Å². The number of hydrogen-bond donors (Lipinski definition) is 1. The molecule has 0 fully saturated rings. The monoisotopic (exact) mass is 396 g/mol. The number of para-hydroxylation sites is 3. The van der Waals surface area contributed by atoms with Gasteiger partial charge in [0.25, 0.3) is 0 Å². The molecular formula is C21H24N4O2S. The van der Waals surface area contributed by atoms with Crippen molar-refractivity contribution >= 4 is 33.3 Å². The van der Waals surface area contributed by atoms with E-state index >= 15 is 0 Å². The van der Waals surface area contributed by atoms with Crippen LogP contribution >= 0.6 is 11.3 Å². The lowest BCUT2D eigenvalue weighted by molar-refractivity contribution is 0.145. The molecule has 0 saturated heterocycles. The Morgan fingerprint density at radius 2 is 2.07 bits per heavy atom. The van der Waals surface area contributed by atoms with Crippen LogP contribution in [0.2, 0.25) is 0 Å². The van der Waals surface area contributed by atoms with Crippen molar-refractivity contribution < 1.29 is 9.53 Å². The number of rotatable bonds is 5. The Kier molecular flexibility index (Phi) is 5.34. The van der Waals surface area contributed by atoms with E-state index in [4.69, 9.17) is 4.74 Å². The fourth-order valence-electron chi connectivity index (χ4n) is 3.44. The van der Waals surface area contributed by atoms with Crippen molar-refractivity contribution in [2.24, 2.45) is 0 Å². The number of amides is 2. The van der Waals surface area contributed by atoms with Crippen LogP contribution in [0.4, 0.5) is 10.5 Å². The number of carbonyl (C=O) groups is 1. The van der Waals surface area contributed by atoms with Crippen LogP contribution in [-0.4, -0.2) is 48.7 Å². The summed E-state index contributed by atoms with van der Waals surface area (Å²) in [6, 6.07) is 15.9. The van der Waals surface area contributed by atoms with Gasteiger partial charge in [-0.1, -0.05) is 24.3 Å². The van der Waals surface area contributed by atoms with Crippen LogP contribution in [-0.2, 0) is 6.54 Å². The number of urea groups is 1. The first kappa shape index (κ1) is 18.6. The largest absolute Gasteiger partial charge is 0.485 e. The van der Waals surface area contributed by atoms with E-state index in [1.54, 1.807) is 23.3 Å². The van der Waals surface area contributed by atoms with Crippen LogP contribution in [0.15, 0.2) is 48.5 Å². The molecule has 146 valence electrons. The molecule has 3 aromatic rings. The lowest BCUT2D eigenvalue weighted by Crippen LogP contribution is -2.48. The molecule has 0 bridgehead atoms. The molecule has 2 amide bonds. The number of ether oxygens (including phenoxy) is 1. The maximum absolute atomic E-state index is 12.5. The highest BCUT2D eigenvalue weighted by Crippen LogP contribution is 2.32. The molecule has 0 radical (unpaired) electrons. The van der Waals surface area contributed by atoms with Crippen molar-refractivity contribution in [1.82, 2.24) is 15.2 Å². The second kappa shape index (κ2) is 8.06. The van der Waals surface area contributed by atoms with E-state index in [0.717, 1.165) is 39.8 Å². The van der Waals surface area contributed by atoms with E-state index < -0.39 is 0 Å². The Morgan fingerprint density at radius 1 is 1.29 bits per heavy atom. The van der Waals surface area contributed by atoms with Gasteiger partial charge in [0.05, 0.1) is 35.5 Å². The summed E-state index contributed by atoms with van der Waals surface area (Å²) < 4.78 is 7.25. The Labute approximate surface area is 168 Å². The van der Waals surface area contributed by atoms with Crippen LogP contribution in [0.5, 0.6) is 5.75 Å². The van der Waals surface area contributed by atoms with Crippen molar-refractivity contribution in [1.29, 1.82) is 0 Å². The number of anilines is 1. The second-order valence-corrected chi connectivity index (χ2v) is 7.98. The molecule has 1 N–H and O–H groups in total. The SMILES string of the molecule is CCN1CC(CN(C)C(=O)NCc2nc3ccccc3s2)Oc2ccccc21. The lowest BCUT2D eigenvalue weighted by atomic mass is 10.2. The molecule has 1 unspecified atom stereocenters. The van der Waals surface area contributed by atoms with Crippen molar-refractivity contribution in [2.75, 3.05) is 31.6 Å². The van der Waals surface area contributed by atoms with Gasteiger partial charge in [0.15, 0.2) is 0 Å². The summed E-state index contributed by atoms with van der Waals surface area (Å²) in [7, 11) is 1.80. The third-order valence-electron chi connectivity index (χ3n) is 4.86. The third-order valence-corrected chi connectivity index (χ3v) is 5.89. The first-order valence-corrected chi connectivity index (χ1v) is 10.3. The number of carbonyl (C=O) groups excluding carboxylic acids is 1. The highest BCUT2D eigenvalue weighted by Gasteiger charge is 2.26. The molecule has 6 nitrogen and oxygen atoms in total. The van der Waals surface area contributed by atoms with Crippen molar-refractivity contribution in [3.63, 3.8) is 0 Å². The van der Waals surface area contributed by atoms with Gasteiger partial charge in [-0.3, -0.25) is 0 Å². The maximum Gasteiger partial charge on any atom is 0.317 e. The van der Waals surface area contributed by atoms with Crippen LogP contribution in [0, 0.1) is 0 Å². The minimum atomic E-state index is -0.121. The number of aromatic nitrogens is 1. The van der Waals surface area contributed by atoms with Gasteiger partial charge in [0, 0.05) is 13.6 Å². The van der Waals surface area contributed by atoms with Crippen molar-refractivity contribution in [3.05, 3.63) is 53.5 Å². The zero-order chi connectivity index (χ0) is 19.5. The quantitative estimate of drug-likeness (QED) is 0.714. The molecule has 1 aliphatic heterocycles. The topological polar surface area (TPSA) is 57.7 Å². The standard InChI is InChI=1S/C21H24N4O2S/c1-3-25-14-15(27-18-10-6-5-9-17(18)25)13-24(2)21(26)22-12-20-23-16-8-4-7-11-19(16)28-20/h4-11,15H,3,12-14H2,1-2H3,(H,22,26). The average molecular weight is 397 g/mol. The molecule has 2 heterocycles. The van der Waals surface area contributed by atoms with Crippen LogP contribution in [0.25, 0.3) is 10.2 Å². The van der Waals surface area contributed by atoms with Crippen LogP contribution < -0.4 is 15.0 Å². The predicted molar refractivity (Wildman–Crippen MR) is 113 cm³/mol. The van der Waals surface area contributed by atoms with Crippen LogP contribution in [0.1, 0.15) is 11.9 Å². The maximum atomic E-state index is 12.5. The number of thiazole rings is 1. The van der Waals surface area contributed by atoms with Gasteiger partial charge in [0.1, 0.15) is 16.9 Å². The fourth-order valence-corrected chi connectivity index (χ4v) is 4.35. The highest BCUT2D eigenvalue weighted by atomic mass is 32.1. The molecule has 2 aromatic carbocycles. The summed E-state index contributed by atoms with van der Waals surface area (Å²) in [4.78, 5) is 21.1. The zero-order valence-corrected chi connectivity index (χ0v) is 16.9. The first-order valence-electron chi connectivity index (χ1n) is 9.48. The van der Waals surface area contributed by atoms with E-state index in [2.05, 4.69) is 28.2 Å². The number of nitrogens with one attached hydrogen (secondary N) is 1. The Balaban J connectivity index is 1.34. The molecular weight excluding hydrogens is 372 g/mol. The minimum absolute atomic E-state index is 0.0620. The molecule has 4 rings (SSSR count). The smallest absolute Gasteiger partial charge is 0.317 e. The summed E-state index contributed by atoms with van der Waals surface area (Å²) >= 11 is 1.61. The second-order valence-electron chi connectivity index (χ2n) is 6.86. The average Bonchev–Trinajstić information content (AvgIpc) is 3.14. The minimum Gasteiger partial charge on any atom is -0.485 e. The molecule has 1 aromatic heterocycles. The van der Waals surface area contributed by atoms with Gasteiger partial charge in [-0.05, 0) is 31.2 Å². The lowest BCUT2D eigenvalue weighted by Gasteiger charge is -2.37. The Hall–Kier alpha value is -2.80. The van der Waals surface area contributed by atoms with Gasteiger partial charge in [0.2, 0.25) is 0 Å². The summed E-state index contributed by atoms with van der Waals surface area (Å²) in [6.07, 6.45) is -0.0620. The Bertz CT molecular complexity index is 941. The van der Waals surface area contributed by atoms with E-state index in [0.29, 0.717) is 13.1 Å². The molecule has 0 saturated carbocycles. The summed E-state index contributed by atoms with van der Waals surface area (Å²) in [5.41, 5.74) is 2.09. The van der Waals surface area contributed by atoms with Gasteiger partial charge in [-0.2, -0.15) is 0 Å².